The molecule has 0 amide bonds. The van der Waals surface area contributed by atoms with Crippen LogP contribution in [-0.2, 0) is 13.0 Å². The van der Waals surface area contributed by atoms with Gasteiger partial charge in [-0.2, -0.15) is 0 Å². The van der Waals surface area contributed by atoms with Gasteiger partial charge in [0.25, 0.3) is 0 Å². The highest BCUT2D eigenvalue weighted by Crippen LogP contribution is 2.39. The molecule has 2 N–H and O–H groups in total. The molecule has 0 aliphatic heterocycles. The highest BCUT2D eigenvalue weighted by atomic mass is 127. The molecule has 154 valence electrons. The molecular weight excluding hydrogens is 493 g/mol. The number of benzene rings is 2. The lowest BCUT2D eigenvalue weighted by atomic mass is 10.1. The average Bonchev–Trinajstić information content (AvgIpc) is 2.70. The molecule has 0 saturated heterocycles. The Morgan fingerprint density at radius 3 is 2.18 bits per heavy atom. The summed E-state index contributed by atoms with van der Waals surface area (Å²) in [7, 11) is 6.58. The number of nitrogens with zero attached hydrogens (tertiary/aromatic N) is 1. The summed E-state index contributed by atoms with van der Waals surface area (Å²) in [5.41, 5.74) is 2.15. The molecule has 0 radical (unpaired) electrons. The third kappa shape index (κ3) is 6.63. The number of hydrogen-bond donors (Lipinski definition) is 2. The molecule has 0 bridgehead atoms. The molecule has 0 saturated carbocycles. The fourth-order valence-corrected chi connectivity index (χ4v) is 2.81. The second-order valence-corrected chi connectivity index (χ2v) is 6.16. The largest absolute Gasteiger partial charge is 0.493 e. The number of nitrogens with one attached hydrogen (secondary N) is 2. The third-order valence-electron chi connectivity index (χ3n) is 4.07. The van der Waals surface area contributed by atoms with Gasteiger partial charge < -0.3 is 24.8 Å². The van der Waals surface area contributed by atoms with Crippen LogP contribution >= 0.6 is 35.6 Å². The fourth-order valence-electron chi connectivity index (χ4n) is 2.68. The molecule has 2 rings (SSSR count). The van der Waals surface area contributed by atoms with Crippen molar-refractivity contribution in [2.24, 2.45) is 4.99 Å². The van der Waals surface area contributed by atoms with Gasteiger partial charge >= 0.3 is 0 Å². The van der Waals surface area contributed by atoms with Crippen molar-refractivity contribution in [2.75, 3.05) is 34.9 Å². The van der Waals surface area contributed by atoms with Crippen molar-refractivity contribution in [2.45, 2.75) is 13.0 Å². The Kier molecular flexibility index (Phi) is 10.8. The highest BCUT2D eigenvalue weighted by Gasteiger charge is 2.15. The molecule has 0 aliphatic rings. The van der Waals surface area contributed by atoms with Crippen LogP contribution in [0, 0.1) is 0 Å². The molecule has 6 nitrogen and oxygen atoms in total. The Balaban J connectivity index is 0.00000392. The van der Waals surface area contributed by atoms with Crippen LogP contribution in [0.1, 0.15) is 11.1 Å². The Hall–Kier alpha value is -1.87. The second kappa shape index (κ2) is 12.6. The quantitative estimate of drug-likeness (QED) is 0.315. The van der Waals surface area contributed by atoms with Gasteiger partial charge in [0.05, 0.1) is 21.3 Å². The second-order valence-electron chi connectivity index (χ2n) is 5.72. The van der Waals surface area contributed by atoms with Gasteiger partial charge in [-0.3, -0.25) is 4.99 Å². The van der Waals surface area contributed by atoms with Crippen molar-refractivity contribution in [3.8, 4) is 17.2 Å². The van der Waals surface area contributed by atoms with E-state index in [1.807, 2.05) is 36.4 Å². The molecular formula is C20H27ClIN3O3. The van der Waals surface area contributed by atoms with Crippen LogP contribution in [0.3, 0.4) is 0 Å². The van der Waals surface area contributed by atoms with E-state index in [9.17, 15) is 0 Å². The summed E-state index contributed by atoms with van der Waals surface area (Å²) in [6.07, 6.45) is 0.741. The van der Waals surface area contributed by atoms with E-state index in [1.165, 1.54) is 0 Å². The van der Waals surface area contributed by atoms with E-state index in [0.717, 1.165) is 28.5 Å². The van der Waals surface area contributed by atoms with Crippen molar-refractivity contribution in [1.82, 2.24) is 10.6 Å². The first kappa shape index (κ1) is 24.2. The Bertz CT molecular complexity index is 770. The molecule has 2 aromatic rings. The maximum atomic E-state index is 5.91. The minimum atomic E-state index is 0. The summed E-state index contributed by atoms with van der Waals surface area (Å²) in [6, 6.07) is 11.6. The van der Waals surface area contributed by atoms with Gasteiger partial charge in [-0.25, -0.2) is 0 Å². The summed E-state index contributed by atoms with van der Waals surface area (Å²) >= 11 is 5.91. The van der Waals surface area contributed by atoms with E-state index < -0.39 is 0 Å². The van der Waals surface area contributed by atoms with Crippen LogP contribution in [0.2, 0.25) is 5.02 Å². The van der Waals surface area contributed by atoms with E-state index in [4.69, 9.17) is 25.8 Å². The first-order valence-electron chi connectivity index (χ1n) is 8.59. The van der Waals surface area contributed by atoms with Gasteiger partial charge in [0.2, 0.25) is 5.75 Å². The van der Waals surface area contributed by atoms with Gasteiger partial charge in [0, 0.05) is 30.7 Å². The number of ether oxygens (including phenoxy) is 3. The van der Waals surface area contributed by atoms with Gasteiger partial charge in [-0.15, -0.1) is 24.0 Å². The van der Waals surface area contributed by atoms with E-state index >= 15 is 0 Å². The van der Waals surface area contributed by atoms with Crippen molar-refractivity contribution >= 4 is 41.5 Å². The van der Waals surface area contributed by atoms with Crippen molar-refractivity contribution in [3.63, 3.8) is 0 Å². The summed E-state index contributed by atoms with van der Waals surface area (Å²) < 4.78 is 16.3. The lowest BCUT2D eigenvalue weighted by Crippen LogP contribution is -2.37. The van der Waals surface area contributed by atoms with E-state index in [0.29, 0.717) is 30.3 Å². The van der Waals surface area contributed by atoms with Crippen LogP contribution in [-0.4, -0.2) is 40.9 Å². The molecule has 0 aromatic heterocycles. The Morgan fingerprint density at radius 2 is 1.61 bits per heavy atom. The van der Waals surface area contributed by atoms with Crippen LogP contribution in [0.4, 0.5) is 0 Å². The van der Waals surface area contributed by atoms with Crippen LogP contribution in [0.15, 0.2) is 41.4 Å². The molecule has 0 unspecified atom stereocenters. The number of rotatable bonds is 8. The van der Waals surface area contributed by atoms with E-state index in [2.05, 4.69) is 15.6 Å². The summed E-state index contributed by atoms with van der Waals surface area (Å²) in [5.74, 6) is 2.65. The predicted octanol–water partition coefficient (Wildman–Crippen LogP) is 3.89. The van der Waals surface area contributed by atoms with Gasteiger partial charge in [0.1, 0.15) is 0 Å². The minimum absolute atomic E-state index is 0. The minimum Gasteiger partial charge on any atom is -0.493 e. The van der Waals surface area contributed by atoms with Crippen molar-refractivity contribution in [1.29, 1.82) is 0 Å². The third-order valence-corrected chi connectivity index (χ3v) is 4.32. The average molecular weight is 520 g/mol. The van der Waals surface area contributed by atoms with Crippen LogP contribution in [0.5, 0.6) is 17.2 Å². The number of hydrogen-bond acceptors (Lipinski definition) is 4. The highest BCUT2D eigenvalue weighted by molar-refractivity contribution is 14.0. The molecule has 0 heterocycles. The maximum Gasteiger partial charge on any atom is 0.203 e. The maximum absolute atomic E-state index is 5.91. The predicted molar refractivity (Wildman–Crippen MR) is 125 cm³/mol. The van der Waals surface area contributed by atoms with E-state index in [1.54, 1.807) is 28.4 Å². The molecule has 28 heavy (non-hydrogen) atoms. The van der Waals surface area contributed by atoms with Gasteiger partial charge in [-0.05, 0) is 30.2 Å². The molecule has 0 spiro atoms. The zero-order valence-electron chi connectivity index (χ0n) is 16.5. The van der Waals surface area contributed by atoms with Crippen molar-refractivity contribution in [3.05, 3.63) is 52.5 Å². The number of guanidine groups is 1. The summed E-state index contributed by atoms with van der Waals surface area (Å²) in [5, 5.41) is 7.31. The molecule has 8 heteroatoms. The topological polar surface area (TPSA) is 64.1 Å². The van der Waals surface area contributed by atoms with Gasteiger partial charge in [0.15, 0.2) is 17.5 Å². The van der Waals surface area contributed by atoms with E-state index in [-0.39, 0.29) is 24.0 Å². The SMILES string of the molecule is CN=C(NCCc1ccc(OC)c(OC)c1OC)NCc1ccc(Cl)cc1.I. The smallest absolute Gasteiger partial charge is 0.203 e. The normalized spacial score (nSPS) is 10.7. The summed E-state index contributed by atoms with van der Waals surface area (Å²) in [4.78, 5) is 4.25. The van der Waals surface area contributed by atoms with Crippen LogP contribution in [0.25, 0.3) is 0 Å². The van der Waals surface area contributed by atoms with Crippen molar-refractivity contribution < 1.29 is 14.2 Å². The fraction of sp³-hybridized carbons (Fsp3) is 0.350. The Labute approximate surface area is 188 Å². The molecule has 0 aliphatic carbocycles. The lowest BCUT2D eigenvalue weighted by molar-refractivity contribution is 0.322. The lowest BCUT2D eigenvalue weighted by Gasteiger charge is -2.16. The summed E-state index contributed by atoms with van der Waals surface area (Å²) in [6.45, 7) is 1.35. The monoisotopic (exact) mass is 519 g/mol. The number of aliphatic imine (C=N–C) groups is 1. The Morgan fingerprint density at radius 1 is 0.929 bits per heavy atom. The first-order chi connectivity index (χ1) is 13.1. The number of halogens is 2. The first-order valence-corrected chi connectivity index (χ1v) is 8.97. The standard InChI is InChI=1S/C20H26ClN3O3.HI/c1-22-20(24-13-14-5-8-16(21)9-6-14)23-12-11-15-7-10-17(25-2)19(27-4)18(15)26-3;/h5-10H,11-13H2,1-4H3,(H2,22,23,24);1H. The zero-order chi connectivity index (χ0) is 19.6. The van der Waals surface area contributed by atoms with Crippen LogP contribution < -0.4 is 24.8 Å². The molecule has 2 aromatic carbocycles. The molecule has 0 fully saturated rings. The molecule has 0 atom stereocenters. The van der Waals surface area contributed by atoms with Gasteiger partial charge in [-0.1, -0.05) is 29.8 Å². The zero-order valence-corrected chi connectivity index (χ0v) is 19.6. The number of methoxy groups -OCH3 is 3.